The summed E-state index contributed by atoms with van der Waals surface area (Å²) >= 11 is 0. The lowest BCUT2D eigenvalue weighted by Gasteiger charge is -2.33. The summed E-state index contributed by atoms with van der Waals surface area (Å²) in [5, 5.41) is 9.02. The Hall–Kier alpha value is -2.40. The average Bonchev–Trinajstić information content (AvgIpc) is 2.30. The molecule has 0 bridgehead atoms. The lowest BCUT2D eigenvalue weighted by atomic mass is 9.88. The molecule has 12 heteroatoms. The number of rotatable bonds is 3. The normalized spacial score (nSPS) is 15.0. The number of carbonyl (C=O) groups is 2. The van der Waals surface area contributed by atoms with Gasteiger partial charge in [-0.1, -0.05) is 0 Å². The van der Waals surface area contributed by atoms with E-state index in [4.69, 9.17) is 5.11 Å². The van der Waals surface area contributed by atoms with Crippen molar-refractivity contribution >= 4 is 11.9 Å². The molecule has 0 heterocycles. The minimum atomic E-state index is -6.04. The van der Waals surface area contributed by atoms with Gasteiger partial charge in [0.2, 0.25) is 0 Å². The summed E-state index contributed by atoms with van der Waals surface area (Å²) in [6.45, 7) is 0. The van der Waals surface area contributed by atoms with Crippen LogP contribution in [0, 0.1) is 11.6 Å². The molecule has 0 aliphatic carbocycles. The third-order valence-electron chi connectivity index (χ3n) is 2.60. The quantitative estimate of drug-likeness (QED) is 0.823. The average molecular weight is 351 g/mol. The van der Waals surface area contributed by atoms with Gasteiger partial charge in [-0.3, -0.25) is 4.79 Å². The fourth-order valence-corrected chi connectivity index (χ4v) is 1.62. The highest BCUT2D eigenvalue weighted by atomic mass is 19.4. The number of nitrogens with one attached hydrogen (secondary N) is 1. The molecule has 4 nitrogen and oxygen atoms in total. The molecule has 0 radical (unpaired) electrons. The summed E-state index contributed by atoms with van der Waals surface area (Å²) in [6, 6.07) is -0.235. The van der Waals surface area contributed by atoms with Crippen LogP contribution in [0.5, 0.6) is 0 Å². The van der Waals surface area contributed by atoms with Gasteiger partial charge in [0.05, 0.1) is 0 Å². The SMILES string of the molecule is O=C(NC(C(=O)O)(c1cc(F)cc(F)c1)C(F)(F)F)C(F)(F)F. The molecule has 1 aromatic carbocycles. The standard InChI is InChI=1S/C11H5F8NO3/c12-5-1-4(2-6(13)3-5)9(8(22)23,11(17,18)19)20-7(21)10(14,15)16/h1-3H,(H,20,21)(H,22,23). The van der Waals surface area contributed by atoms with Crippen molar-refractivity contribution in [3.8, 4) is 0 Å². The molecule has 0 aliphatic heterocycles. The first-order valence-electron chi connectivity index (χ1n) is 5.38. The number of hydrogen-bond donors (Lipinski definition) is 2. The molecule has 0 saturated heterocycles. The van der Waals surface area contributed by atoms with Crippen LogP contribution in [0.1, 0.15) is 5.56 Å². The summed E-state index contributed by atoms with van der Waals surface area (Å²) in [4.78, 5) is 21.8. The molecule has 23 heavy (non-hydrogen) atoms. The lowest BCUT2D eigenvalue weighted by Crippen LogP contribution is -2.63. The van der Waals surface area contributed by atoms with Gasteiger partial charge >= 0.3 is 24.2 Å². The van der Waals surface area contributed by atoms with E-state index in [0.717, 1.165) is 0 Å². The molecule has 1 unspecified atom stereocenters. The van der Waals surface area contributed by atoms with Crippen LogP contribution in [-0.2, 0) is 15.1 Å². The molecule has 0 aliphatic rings. The summed E-state index contributed by atoms with van der Waals surface area (Å²) in [6.07, 6.45) is -11.9. The summed E-state index contributed by atoms with van der Waals surface area (Å²) in [7, 11) is 0. The Morgan fingerprint density at radius 1 is 0.913 bits per heavy atom. The van der Waals surface area contributed by atoms with E-state index in [9.17, 15) is 44.7 Å². The van der Waals surface area contributed by atoms with Gasteiger partial charge in [0, 0.05) is 11.6 Å². The molecule has 0 spiro atoms. The molecule has 1 aromatic rings. The zero-order chi connectivity index (χ0) is 18.2. The van der Waals surface area contributed by atoms with Crippen LogP contribution in [0.15, 0.2) is 18.2 Å². The largest absolute Gasteiger partial charge is 0.479 e. The predicted molar refractivity (Wildman–Crippen MR) is 55.9 cm³/mol. The van der Waals surface area contributed by atoms with Gasteiger partial charge in [-0.05, 0) is 12.1 Å². The maximum atomic E-state index is 13.1. The number of amides is 1. The number of carboxylic acids is 1. The van der Waals surface area contributed by atoms with Gasteiger partial charge < -0.3 is 10.4 Å². The zero-order valence-corrected chi connectivity index (χ0v) is 10.5. The number of halogens is 8. The number of carboxylic acid groups (broad SMARTS) is 1. The highest BCUT2D eigenvalue weighted by Crippen LogP contribution is 2.40. The number of carbonyl (C=O) groups excluding carboxylic acids is 1. The summed E-state index contributed by atoms with van der Waals surface area (Å²) < 4.78 is 102. The van der Waals surface area contributed by atoms with Crippen LogP contribution in [0.3, 0.4) is 0 Å². The third-order valence-corrected chi connectivity index (χ3v) is 2.60. The Morgan fingerprint density at radius 3 is 1.65 bits per heavy atom. The Morgan fingerprint density at radius 2 is 1.35 bits per heavy atom. The number of aliphatic carboxylic acids is 1. The van der Waals surface area contributed by atoms with E-state index in [1.807, 2.05) is 0 Å². The Labute approximate surface area is 121 Å². The van der Waals surface area contributed by atoms with Gasteiger partial charge in [-0.25, -0.2) is 13.6 Å². The van der Waals surface area contributed by atoms with Crippen molar-refractivity contribution < 1.29 is 49.8 Å². The lowest BCUT2D eigenvalue weighted by molar-refractivity contribution is -0.221. The second kappa shape index (κ2) is 5.66. The monoisotopic (exact) mass is 351 g/mol. The summed E-state index contributed by atoms with van der Waals surface area (Å²) in [5.74, 6) is -9.62. The minimum absolute atomic E-state index is 0.0675. The fraction of sp³-hybridized carbons (Fsp3) is 0.273. The molecule has 128 valence electrons. The van der Waals surface area contributed by atoms with Crippen LogP contribution in [-0.4, -0.2) is 29.3 Å². The van der Waals surface area contributed by atoms with E-state index in [1.165, 1.54) is 0 Å². The van der Waals surface area contributed by atoms with E-state index in [2.05, 4.69) is 0 Å². The van der Waals surface area contributed by atoms with E-state index in [-0.39, 0.29) is 23.5 Å². The third kappa shape index (κ3) is 3.51. The Bertz CT molecular complexity index is 619. The van der Waals surface area contributed by atoms with Crippen LogP contribution in [0.25, 0.3) is 0 Å². The molecular formula is C11H5F8NO3. The highest BCUT2D eigenvalue weighted by molar-refractivity contribution is 5.91. The predicted octanol–water partition coefficient (Wildman–Crippen LogP) is 2.49. The van der Waals surface area contributed by atoms with Crippen molar-refractivity contribution in [2.24, 2.45) is 0 Å². The molecule has 1 rings (SSSR count). The number of alkyl halides is 6. The number of hydrogen-bond acceptors (Lipinski definition) is 2. The molecule has 1 amide bonds. The Kier molecular flexibility index (Phi) is 4.59. The summed E-state index contributed by atoms with van der Waals surface area (Å²) in [5.41, 5.74) is -6.46. The molecule has 0 fully saturated rings. The Balaban J connectivity index is 3.66. The molecule has 0 aromatic heterocycles. The van der Waals surface area contributed by atoms with Crippen molar-refractivity contribution in [2.45, 2.75) is 17.9 Å². The molecule has 2 N–H and O–H groups in total. The van der Waals surface area contributed by atoms with E-state index < -0.39 is 47.0 Å². The van der Waals surface area contributed by atoms with Crippen molar-refractivity contribution in [1.29, 1.82) is 0 Å². The van der Waals surface area contributed by atoms with Crippen LogP contribution in [0.2, 0.25) is 0 Å². The van der Waals surface area contributed by atoms with Gasteiger partial charge in [0.25, 0.3) is 5.54 Å². The molecule has 1 atom stereocenters. The van der Waals surface area contributed by atoms with E-state index >= 15 is 0 Å². The fourth-order valence-electron chi connectivity index (χ4n) is 1.62. The van der Waals surface area contributed by atoms with Gasteiger partial charge in [0.15, 0.2) is 0 Å². The van der Waals surface area contributed by atoms with Crippen LogP contribution >= 0.6 is 0 Å². The van der Waals surface area contributed by atoms with E-state index in [0.29, 0.717) is 0 Å². The van der Waals surface area contributed by atoms with Crippen molar-refractivity contribution in [1.82, 2.24) is 5.32 Å². The first-order valence-corrected chi connectivity index (χ1v) is 5.38. The number of benzene rings is 1. The first kappa shape index (κ1) is 18.6. The highest BCUT2D eigenvalue weighted by Gasteiger charge is 2.65. The smallest absolute Gasteiger partial charge is 0.471 e. The maximum absolute atomic E-state index is 13.1. The van der Waals surface area contributed by atoms with Crippen molar-refractivity contribution in [3.63, 3.8) is 0 Å². The van der Waals surface area contributed by atoms with Gasteiger partial charge in [-0.2, -0.15) is 26.3 Å². The second-order valence-corrected chi connectivity index (χ2v) is 4.16. The topological polar surface area (TPSA) is 66.4 Å². The zero-order valence-electron chi connectivity index (χ0n) is 10.5. The van der Waals surface area contributed by atoms with Crippen molar-refractivity contribution in [3.05, 3.63) is 35.4 Å². The first-order chi connectivity index (χ1) is 10.2. The van der Waals surface area contributed by atoms with E-state index in [1.54, 1.807) is 0 Å². The van der Waals surface area contributed by atoms with Crippen molar-refractivity contribution in [2.75, 3.05) is 0 Å². The second-order valence-electron chi connectivity index (χ2n) is 4.16. The molecular weight excluding hydrogens is 346 g/mol. The molecule has 0 saturated carbocycles. The van der Waals surface area contributed by atoms with Crippen LogP contribution in [0.4, 0.5) is 35.1 Å². The van der Waals surface area contributed by atoms with Gasteiger partial charge in [-0.15, -0.1) is 0 Å². The maximum Gasteiger partial charge on any atom is 0.471 e. The minimum Gasteiger partial charge on any atom is -0.479 e. The van der Waals surface area contributed by atoms with Crippen LogP contribution < -0.4 is 5.32 Å². The van der Waals surface area contributed by atoms with Gasteiger partial charge in [0.1, 0.15) is 11.6 Å².